The Morgan fingerprint density at radius 1 is 1.13 bits per heavy atom. The Balaban J connectivity index is 1.74. The third-order valence-corrected chi connectivity index (χ3v) is 3.95. The minimum atomic E-state index is -0.244. The molecule has 0 aliphatic heterocycles. The van der Waals surface area contributed by atoms with Gasteiger partial charge in [0.15, 0.2) is 0 Å². The zero-order valence-electron chi connectivity index (χ0n) is 13.2. The van der Waals surface area contributed by atoms with Gasteiger partial charge in [0.05, 0.1) is 11.9 Å². The molecule has 3 rings (SSSR count). The fraction of sp³-hybridized carbons (Fsp3) is 0.222. The Kier molecular flexibility index (Phi) is 4.48. The number of halogens is 1. The fourth-order valence-electron chi connectivity index (χ4n) is 2.57. The zero-order valence-corrected chi connectivity index (χ0v) is 13.2. The van der Waals surface area contributed by atoms with Gasteiger partial charge in [-0.15, -0.1) is 0 Å². The van der Waals surface area contributed by atoms with Gasteiger partial charge in [0, 0.05) is 36.2 Å². The predicted octanol–water partition coefficient (Wildman–Crippen LogP) is 3.57. The highest BCUT2D eigenvalue weighted by atomic mass is 19.1. The summed E-state index contributed by atoms with van der Waals surface area (Å²) in [6, 6.07) is 10.5. The largest absolute Gasteiger partial charge is 0.306 e. The van der Waals surface area contributed by atoms with E-state index in [2.05, 4.69) is 22.3 Å². The summed E-state index contributed by atoms with van der Waals surface area (Å²) in [5.41, 5.74) is 4.22. The SMILES string of the molecule is Cc1c(C(C)NCc2ccncc2)cnn1-c1ccc(F)cc1. The molecule has 0 saturated heterocycles. The molecule has 5 heteroatoms. The smallest absolute Gasteiger partial charge is 0.123 e. The second kappa shape index (κ2) is 6.71. The first-order valence-corrected chi connectivity index (χ1v) is 7.58. The van der Waals surface area contributed by atoms with Crippen LogP contribution in [-0.4, -0.2) is 14.8 Å². The molecule has 2 heterocycles. The van der Waals surface area contributed by atoms with E-state index in [4.69, 9.17) is 0 Å². The van der Waals surface area contributed by atoms with E-state index in [0.29, 0.717) is 0 Å². The molecule has 0 radical (unpaired) electrons. The van der Waals surface area contributed by atoms with Crippen molar-refractivity contribution < 1.29 is 4.39 Å². The van der Waals surface area contributed by atoms with Gasteiger partial charge < -0.3 is 5.32 Å². The molecular formula is C18H19FN4. The molecule has 0 aliphatic rings. The summed E-state index contributed by atoms with van der Waals surface area (Å²) in [4.78, 5) is 4.02. The van der Waals surface area contributed by atoms with Crippen molar-refractivity contribution in [1.82, 2.24) is 20.1 Å². The van der Waals surface area contributed by atoms with Crippen molar-refractivity contribution in [2.45, 2.75) is 26.4 Å². The lowest BCUT2D eigenvalue weighted by Gasteiger charge is -2.14. The van der Waals surface area contributed by atoms with Crippen molar-refractivity contribution >= 4 is 0 Å². The van der Waals surface area contributed by atoms with Gasteiger partial charge in [-0.3, -0.25) is 4.98 Å². The van der Waals surface area contributed by atoms with E-state index in [1.165, 1.54) is 17.7 Å². The van der Waals surface area contributed by atoms with Crippen molar-refractivity contribution in [3.63, 3.8) is 0 Å². The summed E-state index contributed by atoms with van der Waals surface area (Å²) < 4.78 is 14.9. The molecule has 0 spiro atoms. The van der Waals surface area contributed by atoms with E-state index in [1.807, 2.05) is 29.9 Å². The summed E-state index contributed by atoms with van der Waals surface area (Å²) in [5.74, 6) is -0.244. The first-order chi connectivity index (χ1) is 11.1. The first-order valence-electron chi connectivity index (χ1n) is 7.58. The first kappa shape index (κ1) is 15.4. The molecule has 1 unspecified atom stereocenters. The molecule has 0 bridgehead atoms. The number of hydrogen-bond donors (Lipinski definition) is 1. The number of hydrogen-bond acceptors (Lipinski definition) is 3. The molecule has 0 amide bonds. The number of pyridine rings is 1. The molecule has 1 atom stereocenters. The lowest BCUT2D eigenvalue weighted by atomic mass is 10.1. The molecule has 23 heavy (non-hydrogen) atoms. The van der Waals surface area contributed by atoms with Crippen molar-refractivity contribution in [2.24, 2.45) is 0 Å². The Bertz CT molecular complexity index is 765. The van der Waals surface area contributed by atoms with Crippen molar-refractivity contribution in [3.8, 4) is 5.69 Å². The third-order valence-electron chi connectivity index (χ3n) is 3.95. The van der Waals surface area contributed by atoms with Gasteiger partial charge >= 0.3 is 0 Å². The van der Waals surface area contributed by atoms with Gasteiger partial charge in [0.25, 0.3) is 0 Å². The van der Waals surface area contributed by atoms with E-state index < -0.39 is 0 Å². The van der Waals surface area contributed by atoms with Crippen LogP contribution in [0.5, 0.6) is 0 Å². The monoisotopic (exact) mass is 310 g/mol. The van der Waals surface area contributed by atoms with Crippen molar-refractivity contribution in [3.05, 3.63) is 77.6 Å². The van der Waals surface area contributed by atoms with E-state index in [9.17, 15) is 4.39 Å². The topological polar surface area (TPSA) is 42.7 Å². The number of aromatic nitrogens is 3. The van der Waals surface area contributed by atoms with Crippen LogP contribution >= 0.6 is 0 Å². The molecule has 0 fully saturated rings. The van der Waals surface area contributed by atoms with Crippen LogP contribution in [0.25, 0.3) is 5.69 Å². The molecule has 2 aromatic heterocycles. The second-order valence-corrected chi connectivity index (χ2v) is 5.53. The van der Waals surface area contributed by atoms with Crippen LogP contribution < -0.4 is 5.32 Å². The summed E-state index contributed by atoms with van der Waals surface area (Å²) in [7, 11) is 0. The molecule has 0 aliphatic carbocycles. The van der Waals surface area contributed by atoms with Crippen LogP contribution in [0.3, 0.4) is 0 Å². The number of rotatable bonds is 5. The summed E-state index contributed by atoms with van der Waals surface area (Å²) in [6.07, 6.45) is 5.45. The molecule has 3 aromatic rings. The van der Waals surface area contributed by atoms with Gasteiger partial charge in [-0.25, -0.2) is 9.07 Å². The van der Waals surface area contributed by atoms with Gasteiger partial charge in [-0.2, -0.15) is 5.10 Å². The Hall–Kier alpha value is -2.53. The Morgan fingerprint density at radius 2 is 1.83 bits per heavy atom. The Labute approximate surface area is 135 Å². The van der Waals surface area contributed by atoms with Crippen LogP contribution in [0, 0.1) is 12.7 Å². The maximum absolute atomic E-state index is 13.1. The van der Waals surface area contributed by atoms with Crippen LogP contribution in [0.2, 0.25) is 0 Å². The summed E-state index contributed by atoms with van der Waals surface area (Å²) >= 11 is 0. The molecule has 1 aromatic carbocycles. The molecule has 4 nitrogen and oxygen atoms in total. The lowest BCUT2D eigenvalue weighted by molar-refractivity contribution is 0.571. The summed E-state index contributed by atoms with van der Waals surface area (Å²) in [5, 5.41) is 7.92. The van der Waals surface area contributed by atoms with E-state index in [0.717, 1.165) is 23.5 Å². The quantitative estimate of drug-likeness (QED) is 0.783. The van der Waals surface area contributed by atoms with Crippen molar-refractivity contribution in [2.75, 3.05) is 0 Å². The standard InChI is InChI=1S/C18H19FN4/c1-13(21-11-15-7-9-20-10-8-15)18-12-22-23(14(18)2)17-5-3-16(19)4-6-17/h3-10,12-13,21H,11H2,1-2H3. The highest BCUT2D eigenvalue weighted by Gasteiger charge is 2.14. The van der Waals surface area contributed by atoms with Gasteiger partial charge in [0.1, 0.15) is 5.82 Å². The average molecular weight is 310 g/mol. The molecule has 0 saturated carbocycles. The van der Waals surface area contributed by atoms with Crippen LogP contribution in [0.1, 0.15) is 29.8 Å². The van der Waals surface area contributed by atoms with Crippen molar-refractivity contribution in [1.29, 1.82) is 0 Å². The van der Waals surface area contributed by atoms with Crippen LogP contribution in [0.15, 0.2) is 55.0 Å². The zero-order chi connectivity index (χ0) is 16.2. The second-order valence-electron chi connectivity index (χ2n) is 5.53. The van der Waals surface area contributed by atoms with Gasteiger partial charge in [-0.05, 0) is 55.8 Å². The molecular weight excluding hydrogens is 291 g/mol. The van der Waals surface area contributed by atoms with Crippen LogP contribution in [-0.2, 0) is 6.54 Å². The van der Waals surface area contributed by atoms with Crippen LogP contribution in [0.4, 0.5) is 4.39 Å². The number of nitrogens with zero attached hydrogens (tertiary/aromatic N) is 3. The molecule has 1 N–H and O–H groups in total. The third kappa shape index (κ3) is 3.46. The lowest BCUT2D eigenvalue weighted by Crippen LogP contribution is -2.18. The number of nitrogens with one attached hydrogen (secondary N) is 1. The highest BCUT2D eigenvalue weighted by Crippen LogP contribution is 2.20. The minimum Gasteiger partial charge on any atom is -0.306 e. The van der Waals surface area contributed by atoms with Gasteiger partial charge in [-0.1, -0.05) is 0 Å². The fourth-order valence-corrected chi connectivity index (χ4v) is 2.57. The van der Waals surface area contributed by atoms with Gasteiger partial charge in [0.2, 0.25) is 0 Å². The highest BCUT2D eigenvalue weighted by molar-refractivity contribution is 5.35. The minimum absolute atomic E-state index is 0.164. The van der Waals surface area contributed by atoms with E-state index in [1.54, 1.807) is 24.5 Å². The maximum atomic E-state index is 13.1. The maximum Gasteiger partial charge on any atom is 0.123 e. The number of benzene rings is 1. The Morgan fingerprint density at radius 3 is 2.52 bits per heavy atom. The summed E-state index contributed by atoms with van der Waals surface area (Å²) in [6.45, 7) is 4.90. The predicted molar refractivity (Wildman–Crippen MR) is 87.8 cm³/mol. The van der Waals surface area contributed by atoms with E-state index in [-0.39, 0.29) is 11.9 Å². The average Bonchev–Trinajstić information content (AvgIpc) is 2.96. The normalized spacial score (nSPS) is 12.3. The van der Waals surface area contributed by atoms with E-state index >= 15 is 0 Å². The molecule has 118 valence electrons.